The Morgan fingerprint density at radius 3 is 2.55 bits per heavy atom. The molecule has 0 saturated heterocycles. The van der Waals surface area contributed by atoms with Crippen LogP contribution in [0.25, 0.3) is 0 Å². The van der Waals surface area contributed by atoms with Gasteiger partial charge in [-0.1, -0.05) is 25.0 Å². The van der Waals surface area contributed by atoms with Crippen LogP contribution in [0.5, 0.6) is 11.5 Å². The Morgan fingerprint density at radius 2 is 1.79 bits per heavy atom. The normalized spacial score (nSPS) is 19.1. The van der Waals surface area contributed by atoms with E-state index in [1.54, 1.807) is 11.0 Å². The van der Waals surface area contributed by atoms with Crippen molar-refractivity contribution in [1.82, 2.24) is 0 Å². The molecule has 0 unspecified atom stereocenters. The zero-order chi connectivity index (χ0) is 20.0. The zero-order valence-electron chi connectivity index (χ0n) is 16.1. The summed E-state index contributed by atoms with van der Waals surface area (Å²) in [6.07, 6.45) is 4.22. The van der Waals surface area contributed by atoms with E-state index in [9.17, 15) is 14.9 Å². The van der Waals surface area contributed by atoms with Crippen molar-refractivity contribution in [3.05, 3.63) is 57.6 Å². The minimum Gasteiger partial charge on any atom is -0.486 e. The second kappa shape index (κ2) is 6.76. The molecule has 0 spiro atoms. The fourth-order valence-corrected chi connectivity index (χ4v) is 4.90. The first-order valence-corrected chi connectivity index (χ1v) is 10.1. The maximum atomic E-state index is 13.9. The number of non-ortho nitro benzene ring substituents is 1. The second-order valence-corrected chi connectivity index (χ2v) is 7.92. The van der Waals surface area contributed by atoms with Crippen molar-refractivity contribution in [2.45, 2.75) is 37.5 Å². The number of carbonyl (C=O) groups excluding carboxylic acids is 1. The number of ether oxygens (including phenoxy) is 2. The predicted octanol–water partition coefficient (Wildman–Crippen LogP) is 3.77. The molecule has 2 aromatic carbocycles. The number of nitro groups is 1. The van der Waals surface area contributed by atoms with Gasteiger partial charge in [0.15, 0.2) is 11.5 Å². The van der Waals surface area contributed by atoms with E-state index in [0.717, 1.165) is 43.2 Å². The lowest BCUT2D eigenvalue weighted by atomic mass is 9.77. The van der Waals surface area contributed by atoms with Crippen LogP contribution in [-0.4, -0.2) is 30.6 Å². The number of hydrogen-bond acceptors (Lipinski definition) is 5. The molecule has 2 aromatic rings. The largest absolute Gasteiger partial charge is 0.486 e. The first kappa shape index (κ1) is 18.0. The lowest BCUT2D eigenvalue weighted by Gasteiger charge is -2.34. The highest BCUT2D eigenvalue weighted by atomic mass is 16.6. The number of nitrogens with zero attached hydrogens (tertiary/aromatic N) is 2. The summed E-state index contributed by atoms with van der Waals surface area (Å²) < 4.78 is 11.4. The predicted molar refractivity (Wildman–Crippen MR) is 107 cm³/mol. The summed E-state index contributed by atoms with van der Waals surface area (Å²) in [6.45, 7) is 1.59. The van der Waals surface area contributed by atoms with Crippen LogP contribution in [0.2, 0.25) is 0 Å². The highest BCUT2D eigenvalue weighted by Gasteiger charge is 2.47. The average Bonchev–Trinajstić information content (AvgIpc) is 3.40. The molecular formula is C22H22N2O5. The molecule has 1 fully saturated rings. The SMILES string of the molecule is O=C(N1CCc2ccc([N+](=O)[O-])cc21)C1(c2ccc3c(c2)OCCO3)CCCC1. The number of hydrogen-bond donors (Lipinski definition) is 0. The van der Waals surface area contributed by atoms with Gasteiger partial charge in [-0.25, -0.2) is 0 Å². The lowest BCUT2D eigenvalue weighted by molar-refractivity contribution is -0.384. The minimum atomic E-state index is -0.623. The van der Waals surface area contributed by atoms with Gasteiger partial charge in [-0.15, -0.1) is 0 Å². The highest BCUT2D eigenvalue weighted by molar-refractivity contribution is 6.03. The lowest BCUT2D eigenvalue weighted by Crippen LogP contribution is -2.45. The van der Waals surface area contributed by atoms with E-state index in [-0.39, 0.29) is 11.6 Å². The monoisotopic (exact) mass is 394 g/mol. The van der Waals surface area contributed by atoms with Gasteiger partial charge in [0.2, 0.25) is 5.91 Å². The van der Waals surface area contributed by atoms with Crippen LogP contribution in [0.15, 0.2) is 36.4 Å². The van der Waals surface area contributed by atoms with Gasteiger partial charge in [-0.05, 0) is 42.5 Å². The Morgan fingerprint density at radius 1 is 1.03 bits per heavy atom. The molecule has 3 aliphatic rings. The number of fused-ring (bicyclic) bond motifs is 2. The molecule has 2 aliphatic heterocycles. The van der Waals surface area contributed by atoms with E-state index >= 15 is 0 Å². The molecule has 7 heteroatoms. The third-order valence-electron chi connectivity index (χ3n) is 6.38. The molecular weight excluding hydrogens is 372 g/mol. The van der Waals surface area contributed by atoms with Crippen LogP contribution in [0.1, 0.15) is 36.8 Å². The Hall–Kier alpha value is -3.09. The van der Waals surface area contributed by atoms with Gasteiger partial charge in [0.25, 0.3) is 5.69 Å². The first-order valence-electron chi connectivity index (χ1n) is 10.1. The minimum absolute atomic E-state index is 0.0169. The number of benzene rings is 2. The van der Waals surface area contributed by atoms with E-state index in [4.69, 9.17) is 9.47 Å². The fourth-order valence-electron chi connectivity index (χ4n) is 4.90. The Labute approximate surface area is 168 Å². The highest BCUT2D eigenvalue weighted by Crippen LogP contribution is 2.47. The van der Waals surface area contributed by atoms with Crippen molar-refractivity contribution in [1.29, 1.82) is 0 Å². The summed E-state index contributed by atoms with van der Waals surface area (Å²) in [7, 11) is 0. The van der Waals surface area contributed by atoms with Crippen LogP contribution >= 0.6 is 0 Å². The standard InChI is InChI=1S/C22H22N2O5/c25-21(23-10-7-15-3-5-17(24(26)27)14-18(15)23)22(8-1-2-9-22)16-4-6-19-20(13-16)29-12-11-28-19/h3-6,13-14H,1-2,7-12H2. The number of carbonyl (C=O) groups is 1. The van der Waals surface area contributed by atoms with Gasteiger partial charge in [0, 0.05) is 18.7 Å². The van der Waals surface area contributed by atoms with E-state index in [1.165, 1.54) is 12.1 Å². The van der Waals surface area contributed by atoms with Crippen LogP contribution in [0.3, 0.4) is 0 Å². The van der Waals surface area contributed by atoms with E-state index < -0.39 is 10.3 Å². The molecule has 0 atom stereocenters. The molecule has 0 bridgehead atoms. The molecule has 0 N–H and O–H groups in total. The van der Waals surface area contributed by atoms with Gasteiger partial charge in [-0.2, -0.15) is 0 Å². The summed E-state index contributed by atoms with van der Waals surface area (Å²) in [6, 6.07) is 10.6. The van der Waals surface area contributed by atoms with Crippen molar-refractivity contribution in [3.63, 3.8) is 0 Å². The fraction of sp³-hybridized carbons (Fsp3) is 0.409. The molecule has 1 aliphatic carbocycles. The van der Waals surface area contributed by atoms with Crippen LogP contribution in [-0.2, 0) is 16.6 Å². The summed E-state index contributed by atoms with van der Waals surface area (Å²) in [5, 5.41) is 11.2. The van der Waals surface area contributed by atoms with Crippen LogP contribution < -0.4 is 14.4 Å². The van der Waals surface area contributed by atoms with Crippen molar-refractivity contribution < 1.29 is 19.2 Å². The smallest absolute Gasteiger partial charge is 0.271 e. The third kappa shape index (κ3) is 2.84. The van der Waals surface area contributed by atoms with Crippen LogP contribution in [0, 0.1) is 10.1 Å². The summed E-state index contributed by atoms with van der Waals surface area (Å²) in [5.41, 5.74) is 2.00. The Kier molecular flexibility index (Phi) is 4.19. The van der Waals surface area contributed by atoms with E-state index in [2.05, 4.69) is 0 Å². The van der Waals surface area contributed by atoms with Gasteiger partial charge in [0.05, 0.1) is 16.0 Å². The number of anilines is 1. The quantitative estimate of drug-likeness (QED) is 0.585. The van der Waals surface area contributed by atoms with E-state index in [0.29, 0.717) is 36.9 Å². The number of amides is 1. The van der Waals surface area contributed by atoms with Crippen LogP contribution in [0.4, 0.5) is 11.4 Å². The number of rotatable bonds is 3. The van der Waals surface area contributed by atoms with Crippen molar-refractivity contribution in [2.75, 3.05) is 24.7 Å². The summed E-state index contributed by atoms with van der Waals surface area (Å²) in [5.74, 6) is 1.43. The molecule has 29 heavy (non-hydrogen) atoms. The maximum absolute atomic E-state index is 13.9. The average molecular weight is 394 g/mol. The van der Waals surface area contributed by atoms with Crippen molar-refractivity contribution in [2.24, 2.45) is 0 Å². The zero-order valence-corrected chi connectivity index (χ0v) is 16.1. The molecule has 0 radical (unpaired) electrons. The molecule has 7 nitrogen and oxygen atoms in total. The molecule has 0 aromatic heterocycles. The van der Waals surface area contributed by atoms with Gasteiger partial charge in [0.1, 0.15) is 13.2 Å². The van der Waals surface area contributed by atoms with Gasteiger partial charge < -0.3 is 14.4 Å². The molecule has 2 heterocycles. The van der Waals surface area contributed by atoms with Gasteiger partial charge in [-0.3, -0.25) is 14.9 Å². The van der Waals surface area contributed by atoms with E-state index in [1.807, 2.05) is 18.2 Å². The molecule has 1 saturated carbocycles. The third-order valence-corrected chi connectivity index (χ3v) is 6.38. The molecule has 1 amide bonds. The number of nitro benzene ring substituents is 1. The Bertz CT molecular complexity index is 997. The topological polar surface area (TPSA) is 81.9 Å². The van der Waals surface area contributed by atoms with Gasteiger partial charge >= 0.3 is 0 Å². The van der Waals surface area contributed by atoms with Crippen molar-refractivity contribution in [3.8, 4) is 11.5 Å². The molecule has 5 rings (SSSR count). The maximum Gasteiger partial charge on any atom is 0.271 e. The summed E-state index contributed by atoms with van der Waals surface area (Å²) in [4.78, 5) is 26.4. The van der Waals surface area contributed by atoms with Crippen molar-refractivity contribution >= 4 is 17.3 Å². The Balaban J connectivity index is 1.54. The second-order valence-electron chi connectivity index (χ2n) is 7.92. The first-order chi connectivity index (χ1) is 14.1. The summed E-state index contributed by atoms with van der Waals surface area (Å²) >= 11 is 0. The molecule has 150 valence electrons.